The highest BCUT2D eigenvalue weighted by molar-refractivity contribution is 6.02. The standard InChI is InChI=1S/C42H60F3N9O5/c1-4-5-22-59-41(57)53-16-14-28(15-17-53)26-51-18-20-52(21-19-51)30-12-10-29(11-13-30)47-38(55)32-23-36(58-3)34(24-33(32)43)48-40-46-25-35-37(49-40)54(31-8-6-7-9-31)27-42(44,45)39(56)50(35)2/h23-25,28-31H,4-22,26-27H2,1-3H3,(H,47,55)(H,46,48,49). The van der Waals surface area contributed by atoms with Crippen LogP contribution in [0.3, 0.4) is 0 Å². The third-order valence-electron chi connectivity index (χ3n) is 13.0. The number of anilines is 4. The van der Waals surface area contributed by atoms with E-state index in [4.69, 9.17) is 9.47 Å². The van der Waals surface area contributed by atoms with Gasteiger partial charge in [0.2, 0.25) is 5.95 Å². The Kier molecular flexibility index (Phi) is 13.7. The van der Waals surface area contributed by atoms with Gasteiger partial charge >= 0.3 is 12.0 Å². The largest absolute Gasteiger partial charge is 0.495 e. The van der Waals surface area contributed by atoms with Crippen molar-refractivity contribution < 1.29 is 37.0 Å². The molecule has 17 heteroatoms. The van der Waals surface area contributed by atoms with Crippen LogP contribution < -0.4 is 25.2 Å². The van der Waals surface area contributed by atoms with E-state index in [-0.39, 0.29) is 52.6 Å². The minimum absolute atomic E-state index is 0.00428. The number of benzene rings is 1. The van der Waals surface area contributed by atoms with Gasteiger partial charge in [-0.2, -0.15) is 13.8 Å². The van der Waals surface area contributed by atoms with Crippen LogP contribution in [-0.4, -0.2) is 140 Å². The Balaban J connectivity index is 0.894. The van der Waals surface area contributed by atoms with E-state index < -0.39 is 30.1 Å². The molecule has 3 aliphatic heterocycles. The van der Waals surface area contributed by atoms with E-state index in [1.54, 1.807) is 0 Å². The number of alkyl halides is 2. The van der Waals surface area contributed by atoms with E-state index >= 15 is 13.2 Å². The molecule has 1 aromatic heterocycles. The van der Waals surface area contributed by atoms with Crippen LogP contribution in [0.1, 0.15) is 94.3 Å². The summed E-state index contributed by atoms with van der Waals surface area (Å²) in [5.74, 6) is -5.26. The van der Waals surface area contributed by atoms with Gasteiger partial charge in [0, 0.05) is 77.1 Å². The predicted octanol–water partition coefficient (Wildman–Crippen LogP) is 6.04. The minimum Gasteiger partial charge on any atom is -0.495 e. The van der Waals surface area contributed by atoms with E-state index in [1.807, 2.05) is 4.90 Å². The number of carbonyl (C=O) groups excluding carboxylic acids is 3. The highest BCUT2D eigenvalue weighted by Gasteiger charge is 2.49. The molecule has 4 heterocycles. The number of halogens is 3. The highest BCUT2D eigenvalue weighted by Crippen LogP contribution is 2.40. The molecule has 2 saturated carbocycles. The zero-order valence-electron chi connectivity index (χ0n) is 34.7. The molecule has 0 radical (unpaired) electrons. The molecule has 7 rings (SSSR count). The first-order valence-corrected chi connectivity index (χ1v) is 21.6. The van der Waals surface area contributed by atoms with Crippen molar-refractivity contribution in [3.8, 4) is 5.75 Å². The van der Waals surface area contributed by atoms with Crippen LogP contribution in [-0.2, 0) is 9.53 Å². The van der Waals surface area contributed by atoms with Crippen molar-refractivity contribution in [3.05, 3.63) is 29.7 Å². The number of hydrogen-bond acceptors (Lipinski definition) is 11. The quantitative estimate of drug-likeness (QED) is 0.243. The van der Waals surface area contributed by atoms with Crippen LogP contribution in [0.15, 0.2) is 18.3 Å². The van der Waals surface area contributed by atoms with Gasteiger partial charge in [0.05, 0.1) is 37.7 Å². The summed E-state index contributed by atoms with van der Waals surface area (Å²) in [7, 11) is 2.69. The van der Waals surface area contributed by atoms with Crippen molar-refractivity contribution >= 4 is 41.0 Å². The van der Waals surface area contributed by atoms with E-state index in [9.17, 15) is 14.4 Å². The Morgan fingerprint density at radius 2 is 1.66 bits per heavy atom. The summed E-state index contributed by atoms with van der Waals surface area (Å²) in [6, 6.07) is 2.65. The molecule has 2 aliphatic carbocycles. The first-order valence-electron chi connectivity index (χ1n) is 21.6. The Morgan fingerprint density at radius 3 is 2.34 bits per heavy atom. The maximum absolute atomic E-state index is 15.7. The summed E-state index contributed by atoms with van der Waals surface area (Å²) in [5.41, 5.74) is 0.165. The second-order valence-electron chi connectivity index (χ2n) is 16.9. The number of piperidine rings is 1. The Bertz CT molecular complexity index is 1790. The maximum atomic E-state index is 15.7. The normalized spacial score (nSPS) is 23.5. The molecule has 59 heavy (non-hydrogen) atoms. The molecule has 324 valence electrons. The van der Waals surface area contributed by atoms with E-state index in [2.05, 4.69) is 37.3 Å². The second kappa shape index (κ2) is 18.9. The molecular formula is C42H60F3N9O5. The first kappa shape index (κ1) is 42.7. The van der Waals surface area contributed by atoms with Crippen molar-refractivity contribution in [1.82, 2.24) is 30.0 Å². The average Bonchev–Trinajstić information content (AvgIpc) is 3.76. The molecule has 0 unspecified atom stereocenters. The van der Waals surface area contributed by atoms with Gasteiger partial charge in [-0.3, -0.25) is 14.5 Å². The van der Waals surface area contributed by atoms with Gasteiger partial charge in [0.25, 0.3) is 11.8 Å². The number of ether oxygens (including phenoxy) is 2. The van der Waals surface area contributed by atoms with Crippen molar-refractivity contribution in [3.63, 3.8) is 0 Å². The first-order chi connectivity index (χ1) is 28.4. The number of methoxy groups -OCH3 is 1. The minimum atomic E-state index is -3.61. The van der Waals surface area contributed by atoms with Gasteiger partial charge in [0.1, 0.15) is 17.3 Å². The molecule has 1 aromatic carbocycles. The molecule has 14 nitrogen and oxygen atoms in total. The number of nitrogens with zero attached hydrogens (tertiary/aromatic N) is 7. The summed E-state index contributed by atoms with van der Waals surface area (Å²) in [6.07, 6.45) is 11.8. The number of rotatable bonds is 12. The number of fused-ring (bicyclic) bond motifs is 1. The molecular weight excluding hydrogens is 768 g/mol. The fourth-order valence-corrected chi connectivity index (χ4v) is 9.44. The van der Waals surface area contributed by atoms with E-state index in [1.165, 1.54) is 31.3 Å². The van der Waals surface area contributed by atoms with Crippen molar-refractivity contribution in [2.24, 2.45) is 5.92 Å². The number of nitrogens with one attached hydrogen (secondary N) is 2. The van der Waals surface area contributed by atoms with Crippen molar-refractivity contribution in [1.29, 1.82) is 0 Å². The van der Waals surface area contributed by atoms with Crippen LogP contribution in [0.25, 0.3) is 0 Å². The summed E-state index contributed by atoms with van der Waals surface area (Å²) in [6.45, 7) is 8.45. The van der Waals surface area contributed by atoms with Gasteiger partial charge in [-0.05, 0) is 69.8 Å². The molecule has 2 N–H and O–H groups in total. The number of aromatic nitrogens is 2. The summed E-state index contributed by atoms with van der Waals surface area (Å²) in [4.78, 5) is 56.6. The fourth-order valence-electron chi connectivity index (χ4n) is 9.44. The van der Waals surface area contributed by atoms with Gasteiger partial charge in [-0.25, -0.2) is 14.2 Å². The lowest BCUT2D eigenvalue weighted by Gasteiger charge is -2.43. The lowest BCUT2D eigenvalue weighted by Crippen LogP contribution is -2.53. The molecule has 0 bridgehead atoms. The summed E-state index contributed by atoms with van der Waals surface area (Å²) >= 11 is 0. The summed E-state index contributed by atoms with van der Waals surface area (Å²) in [5, 5.41) is 5.99. The zero-order valence-corrected chi connectivity index (χ0v) is 34.7. The predicted molar refractivity (Wildman–Crippen MR) is 218 cm³/mol. The zero-order chi connectivity index (χ0) is 41.7. The average molecular weight is 828 g/mol. The number of piperazine rings is 1. The van der Waals surface area contributed by atoms with E-state index in [0.717, 1.165) is 121 Å². The lowest BCUT2D eigenvalue weighted by molar-refractivity contribution is -0.140. The van der Waals surface area contributed by atoms with E-state index in [0.29, 0.717) is 31.4 Å². The molecule has 0 spiro atoms. The van der Waals surface area contributed by atoms with Gasteiger partial charge in [0.15, 0.2) is 5.82 Å². The Labute approximate surface area is 345 Å². The molecule has 4 fully saturated rings. The van der Waals surface area contributed by atoms with Crippen molar-refractivity contribution in [2.75, 3.05) is 88.2 Å². The van der Waals surface area contributed by atoms with Crippen LogP contribution >= 0.6 is 0 Å². The third-order valence-corrected chi connectivity index (χ3v) is 13.0. The Hall–Kier alpha value is -4.38. The van der Waals surface area contributed by atoms with Crippen LogP contribution in [0.5, 0.6) is 5.75 Å². The number of carbonyl (C=O) groups is 3. The van der Waals surface area contributed by atoms with Crippen LogP contribution in [0.4, 0.5) is 41.1 Å². The van der Waals surface area contributed by atoms with Gasteiger partial charge < -0.3 is 39.7 Å². The number of unbranched alkanes of at least 4 members (excludes halogenated alkanes) is 1. The topological polar surface area (TPSA) is 136 Å². The number of hydrogen-bond donors (Lipinski definition) is 2. The van der Waals surface area contributed by atoms with Gasteiger partial charge in [-0.1, -0.05) is 26.2 Å². The second-order valence-corrected chi connectivity index (χ2v) is 16.9. The maximum Gasteiger partial charge on any atom is 0.409 e. The SMILES string of the molecule is CCCCOC(=O)N1CCC(CN2CCN(C3CCC(NC(=O)c4cc(OC)c(Nc5ncc6c(n5)N(C5CCCC5)CC(F)(F)C(=O)N6C)cc4F)CC3)CC2)CC1. The molecule has 2 saturated heterocycles. The lowest BCUT2D eigenvalue weighted by atomic mass is 9.89. The number of amides is 3. The molecule has 3 amide bonds. The monoisotopic (exact) mass is 827 g/mol. The number of likely N-dealkylation sites (tertiary alicyclic amines) is 1. The van der Waals surface area contributed by atoms with Crippen molar-refractivity contribution in [2.45, 2.75) is 108 Å². The summed E-state index contributed by atoms with van der Waals surface area (Å²) < 4.78 is 56.7. The molecule has 2 aromatic rings. The molecule has 0 atom stereocenters. The smallest absolute Gasteiger partial charge is 0.409 e. The third kappa shape index (κ3) is 9.99. The fraction of sp³-hybridized carbons (Fsp3) is 0.690. The van der Waals surface area contributed by atoms with Crippen LogP contribution in [0, 0.1) is 11.7 Å². The van der Waals surface area contributed by atoms with Crippen LogP contribution in [0.2, 0.25) is 0 Å². The highest BCUT2D eigenvalue weighted by atomic mass is 19.3. The Morgan fingerprint density at radius 1 is 0.949 bits per heavy atom. The molecule has 5 aliphatic rings. The van der Waals surface area contributed by atoms with Gasteiger partial charge in [-0.15, -0.1) is 0 Å².